The fourth-order valence-electron chi connectivity index (χ4n) is 7.78. The molecule has 0 unspecified atom stereocenters. The average Bonchev–Trinajstić information content (AvgIpc) is 3.37. The van der Waals surface area contributed by atoms with Crippen molar-refractivity contribution in [1.29, 1.82) is 0 Å². The van der Waals surface area contributed by atoms with Gasteiger partial charge in [-0.3, -0.25) is 0 Å². The second-order valence-corrected chi connectivity index (χ2v) is 13.0. The maximum absolute atomic E-state index is 13.6. The van der Waals surface area contributed by atoms with Gasteiger partial charge in [0.15, 0.2) is 0 Å². The highest BCUT2D eigenvalue weighted by Gasteiger charge is 2.45. The second-order valence-electron chi connectivity index (χ2n) is 13.0. The minimum Gasteiger partial charge on any atom is -0.376 e. The van der Waals surface area contributed by atoms with Gasteiger partial charge >= 0.3 is 0 Å². The number of hydrogen-bond donors (Lipinski definition) is 1. The van der Waals surface area contributed by atoms with Gasteiger partial charge in [-0.05, 0) is 121 Å². The summed E-state index contributed by atoms with van der Waals surface area (Å²) in [6, 6.07) is 59.2. The number of aliphatic hydroxyl groups is 1. The SMILES string of the molecule is Cc1cc(C)c(C2(O)c3cc(N(c4ccccc4)c4ccccc4)ccc3-c3ccc(N(c4ccccc4)c4ccccc4)cc32)c(C)c1. The highest BCUT2D eigenvalue weighted by molar-refractivity contribution is 5.89. The summed E-state index contributed by atoms with van der Waals surface area (Å²) < 4.78 is 0. The standard InChI is InChI=1S/C46H38N2O/c1-32-28-33(2)45(34(3)29-32)46(49)43-30-39(47(35-16-8-4-9-17-35)36-18-10-5-11-19-36)24-26-41(43)42-27-25-40(31-44(42)46)48(37-20-12-6-13-21-37)38-22-14-7-15-23-38/h4-31,49H,1-3H3. The summed E-state index contributed by atoms with van der Waals surface area (Å²) in [5.41, 5.74) is 12.9. The molecule has 0 heterocycles. The molecule has 0 saturated carbocycles. The van der Waals surface area contributed by atoms with E-state index in [1.807, 2.05) is 24.3 Å². The monoisotopic (exact) mass is 634 g/mol. The lowest BCUT2D eigenvalue weighted by Gasteiger charge is -2.33. The quantitative estimate of drug-likeness (QED) is 0.189. The van der Waals surface area contributed by atoms with Gasteiger partial charge < -0.3 is 14.9 Å². The normalized spacial score (nSPS) is 12.7. The molecule has 7 aromatic carbocycles. The smallest absolute Gasteiger partial charge is 0.142 e. The predicted octanol–water partition coefficient (Wildman–Crippen LogP) is 11.8. The van der Waals surface area contributed by atoms with Crippen molar-refractivity contribution in [2.24, 2.45) is 0 Å². The number of hydrogen-bond acceptors (Lipinski definition) is 3. The van der Waals surface area contributed by atoms with Gasteiger partial charge in [-0.25, -0.2) is 0 Å². The van der Waals surface area contributed by atoms with E-state index in [1.165, 1.54) is 5.56 Å². The topological polar surface area (TPSA) is 26.7 Å². The molecule has 0 radical (unpaired) electrons. The highest BCUT2D eigenvalue weighted by atomic mass is 16.3. The van der Waals surface area contributed by atoms with Crippen LogP contribution in [-0.4, -0.2) is 5.11 Å². The Bertz CT molecular complexity index is 2030. The molecule has 1 N–H and O–H groups in total. The molecule has 7 aromatic rings. The van der Waals surface area contributed by atoms with Crippen molar-refractivity contribution in [3.63, 3.8) is 0 Å². The molecule has 0 spiro atoms. The van der Waals surface area contributed by atoms with Crippen molar-refractivity contribution in [1.82, 2.24) is 0 Å². The van der Waals surface area contributed by atoms with Gasteiger partial charge in [0.25, 0.3) is 0 Å². The third-order valence-corrected chi connectivity index (χ3v) is 9.69. The first-order valence-corrected chi connectivity index (χ1v) is 16.8. The molecule has 0 bridgehead atoms. The zero-order chi connectivity index (χ0) is 33.5. The van der Waals surface area contributed by atoms with Crippen molar-refractivity contribution < 1.29 is 5.11 Å². The summed E-state index contributed by atoms with van der Waals surface area (Å²) in [6.45, 7) is 6.37. The van der Waals surface area contributed by atoms with Crippen molar-refractivity contribution in [2.45, 2.75) is 26.4 Å². The molecule has 8 rings (SSSR count). The molecule has 238 valence electrons. The summed E-state index contributed by atoms with van der Waals surface area (Å²) in [5, 5.41) is 13.6. The Morgan fingerprint density at radius 1 is 0.388 bits per heavy atom. The number of rotatable bonds is 7. The molecule has 0 amide bonds. The second kappa shape index (κ2) is 12.3. The Balaban J connectivity index is 1.38. The Labute approximate surface area is 289 Å². The molecule has 1 aliphatic carbocycles. The van der Waals surface area contributed by atoms with Crippen LogP contribution in [0.5, 0.6) is 0 Å². The van der Waals surface area contributed by atoms with Gasteiger partial charge in [-0.1, -0.05) is 103 Å². The highest BCUT2D eigenvalue weighted by Crippen LogP contribution is 2.55. The van der Waals surface area contributed by atoms with Crippen molar-refractivity contribution in [2.75, 3.05) is 9.80 Å². The lowest BCUT2D eigenvalue weighted by atomic mass is 9.79. The van der Waals surface area contributed by atoms with Gasteiger partial charge in [0.2, 0.25) is 0 Å². The van der Waals surface area contributed by atoms with E-state index in [0.717, 1.165) is 73.1 Å². The van der Waals surface area contributed by atoms with Crippen LogP contribution in [0.15, 0.2) is 170 Å². The fourth-order valence-corrected chi connectivity index (χ4v) is 7.78. The van der Waals surface area contributed by atoms with E-state index in [2.05, 4.69) is 176 Å². The number of benzene rings is 7. The van der Waals surface area contributed by atoms with E-state index in [0.29, 0.717) is 0 Å². The molecule has 3 nitrogen and oxygen atoms in total. The van der Waals surface area contributed by atoms with E-state index >= 15 is 0 Å². The molecule has 0 atom stereocenters. The van der Waals surface area contributed by atoms with Gasteiger partial charge in [-0.2, -0.15) is 0 Å². The molecule has 3 heteroatoms. The Hall–Kier alpha value is -5.90. The lowest BCUT2D eigenvalue weighted by molar-refractivity contribution is 0.129. The minimum atomic E-state index is -1.39. The zero-order valence-corrected chi connectivity index (χ0v) is 28.0. The minimum absolute atomic E-state index is 0.884. The van der Waals surface area contributed by atoms with Crippen LogP contribution in [0.2, 0.25) is 0 Å². The van der Waals surface area contributed by atoms with Crippen LogP contribution in [0, 0.1) is 20.8 Å². The number of nitrogens with zero attached hydrogens (tertiary/aromatic N) is 2. The van der Waals surface area contributed by atoms with Crippen molar-refractivity contribution in [3.8, 4) is 11.1 Å². The number of fused-ring (bicyclic) bond motifs is 3. The third-order valence-electron chi connectivity index (χ3n) is 9.69. The summed E-state index contributed by atoms with van der Waals surface area (Å²) in [4.78, 5) is 4.52. The fraction of sp³-hybridized carbons (Fsp3) is 0.0870. The van der Waals surface area contributed by atoms with Crippen molar-refractivity contribution >= 4 is 34.1 Å². The first-order chi connectivity index (χ1) is 23.9. The average molecular weight is 635 g/mol. The largest absolute Gasteiger partial charge is 0.376 e. The first kappa shape index (κ1) is 30.4. The van der Waals surface area contributed by atoms with Gasteiger partial charge in [0.1, 0.15) is 5.60 Å². The van der Waals surface area contributed by atoms with Crippen molar-refractivity contribution in [3.05, 3.63) is 203 Å². The van der Waals surface area contributed by atoms with Gasteiger partial charge in [0, 0.05) is 45.3 Å². The summed E-state index contributed by atoms with van der Waals surface area (Å²) in [6.07, 6.45) is 0. The van der Waals surface area contributed by atoms with E-state index in [1.54, 1.807) is 0 Å². The summed E-state index contributed by atoms with van der Waals surface area (Å²) in [5.74, 6) is 0. The first-order valence-electron chi connectivity index (χ1n) is 16.8. The molecule has 0 aliphatic heterocycles. The van der Waals surface area contributed by atoms with Crippen LogP contribution < -0.4 is 9.80 Å². The molecular weight excluding hydrogens is 597 g/mol. The third kappa shape index (κ3) is 5.20. The lowest BCUT2D eigenvalue weighted by Crippen LogP contribution is -2.29. The van der Waals surface area contributed by atoms with Crippen LogP contribution in [0.4, 0.5) is 34.1 Å². The van der Waals surface area contributed by atoms with Crippen LogP contribution in [0.3, 0.4) is 0 Å². The maximum atomic E-state index is 13.6. The Kier molecular flexibility index (Phi) is 7.63. The molecule has 1 aliphatic rings. The van der Waals surface area contributed by atoms with E-state index < -0.39 is 5.60 Å². The van der Waals surface area contributed by atoms with Crippen LogP contribution in [0.1, 0.15) is 33.4 Å². The molecule has 49 heavy (non-hydrogen) atoms. The summed E-state index contributed by atoms with van der Waals surface area (Å²) >= 11 is 0. The van der Waals surface area contributed by atoms with Crippen LogP contribution in [-0.2, 0) is 5.60 Å². The molecule has 0 fully saturated rings. The maximum Gasteiger partial charge on any atom is 0.142 e. The molecular formula is C46H38N2O. The number of para-hydroxylation sites is 4. The van der Waals surface area contributed by atoms with Gasteiger partial charge in [0.05, 0.1) is 0 Å². The molecule has 0 saturated heterocycles. The van der Waals surface area contributed by atoms with Crippen LogP contribution in [0.25, 0.3) is 11.1 Å². The number of aryl methyl sites for hydroxylation is 3. The van der Waals surface area contributed by atoms with E-state index in [-0.39, 0.29) is 0 Å². The Morgan fingerprint density at radius 2 is 0.714 bits per heavy atom. The predicted molar refractivity (Wildman–Crippen MR) is 204 cm³/mol. The van der Waals surface area contributed by atoms with E-state index in [9.17, 15) is 5.11 Å². The number of anilines is 6. The van der Waals surface area contributed by atoms with E-state index in [4.69, 9.17) is 0 Å². The van der Waals surface area contributed by atoms with Gasteiger partial charge in [-0.15, -0.1) is 0 Å². The summed E-state index contributed by atoms with van der Waals surface area (Å²) in [7, 11) is 0. The zero-order valence-electron chi connectivity index (χ0n) is 28.0. The Morgan fingerprint density at radius 3 is 1.04 bits per heavy atom. The molecule has 0 aromatic heterocycles. The van der Waals surface area contributed by atoms with Crippen LogP contribution >= 0.6 is 0 Å².